The van der Waals surface area contributed by atoms with Crippen molar-refractivity contribution in [3.8, 4) is 11.5 Å². The molecule has 0 aromatic heterocycles. The van der Waals surface area contributed by atoms with Crippen LogP contribution in [0.5, 0.6) is 11.5 Å². The number of phenolic OH excluding ortho intramolecular Hbond substituents is 2. The number of phenols is 2. The van der Waals surface area contributed by atoms with Crippen molar-refractivity contribution in [2.45, 2.75) is 166 Å². The number of hydrogen-bond acceptors (Lipinski definition) is 16. The van der Waals surface area contributed by atoms with Gasteiger partial charge in [0.2, 0.25) is 0 Å². The Kier molecular flexibility index (Phi) is 39.8. The molecule has 1 aliphatic carbocycles. The summed E-state index contributed by atoms with van der Waals surface area (Å²) in [6, 6.07) is 73.0. The van der Waals surface area contributed by atoms with Crippen LogP contribution in [0.15, 0.2) is 231 Å². The monoisotopic (exact) mass is 1610 g/mol. The number of nitrogens with zero attached hydrogens (tertiary/aromatic N) is 2. The quantitative estimate of drug-likeness (QED) is 0.0101. The molecule has 0 spiro atoms. The number of piperazine rings is 1. The number of aryl methyl sites for hydroxylation is 3. The summed E-state index contributed by atoms with van der Waals surface area (Å²) in [6.45, 7) is 20.7. The predicted molar refractivity (Wildman–Crippen MR) is 460 cm³/mol. The van der Waals surface area contributed by atoms with Gasteiger partial charge in [0.1, 0.15) is 17.7 Å². The van der Waals surface area contributed by atoms with E-state index in [1.54, 1.807) is 48.5 Å². The first-order valence-corrected chi connectivity index (χ1v) is 41.4. The molecular formula is C96H122ClF2N7O10. The van der Waals surface area contributed by atoms with Gasteiger partial charge in [-0.15, -0.1) is 0 Å². The molecule has 0 saturated carbocycles. The molecule has 3 fully saturated rings. The summed E-state index contributed by atoms with van der Waals surface area (Å²) in [5.41, 5.74) is 17.4. The number of carbonyl (C=O) groups excluding carboxylic acids is 2. The van der Waals surface area contributed by atoms with Crippen LogP contribution in [0.25, 0.3) is 0 Å². The molecule has 116 heavy (non-hydrogen) atoms. The van der Waals surface area contributed by atoms with Crippen molar-refractivity contribution in [2.75, 3.05) is 85.8 Å². The zero-order valence-electron chi connectivity index (χ0n) is 68.4. The van der Waals surface area contributed by atoms with Gasteiger partial charge in [-0.1, -0.05) is 213 Å². The number of rotatable bonds is 27. The smallest absolute Gasteiger partial charge is 0.314 e. The van der Waals surface area contributed by atoms with Crippen LogP contribution in [0.3, 0.4) is 0 Å². The van der Waals surface area contributed by atoms with Crippen molar-refractivity contribution in [2.24, 2.45) is 5.73 Å². The number of morpholine rings is 1. The number of hydrogen-bond donors (Lipinski definition) is 9. The van der Waals surface area contributed by atoms with Gasteiger partial charge >= 0.3 is 11.9 Å². The van der Waals surface area contributed by atoms with Crippen LogP contribution in [0, 0.1) is 11.6 Å². The summed E-state index contributed by atoms with van der Waals surface area (Å²) in [6.07, 6.45) is 11.2. The Bertz CT molecular complexity index is 4210. The molecule has 0 radical (unpaired) electrons. The number of benzene rings is 9. The number of methoxy groups -OCH3 is 1. The second-order valence-electron chi connectivity index (χ2n) is 30.9. The average Bonchev–Trinajstić information content (AvgIpc) is 1.64. The number of aliphatic hydroxyl groups excluding tert-OH is 1. The Balaban J connectivity index is 0.000000181. The van der Waals surface area contributed by atoms with E-state index in [1.165, 1.54) is 102 Å². The van der Waals surface area contributed by atoms with Crippen LogP contribution in [-0.2, 0) is 43.1 Å². The number of nitrogens with two attached hydrogens (primary N) is 1. The molecule has 9 aromatic rings. The number of esters is 1. The number of carbonyl (C=O) groups is 3. The molecule has 10 N–H and O–H groups in total. The summed E-state index contributed by atoms with van der Waals surface area (Å²) in [5, 5.41) is 50.3. The molecular weight excluding hydrogens is 1480 g/mol. The van der Waals surface area contributed by atoms with Crippen LogP contribution < -0.4 is 27.0 Å². The van der Waals surface area contributed by atoms with E-state index in [9.17, 15) is 28.3 Å². The van der Waals surface area contributed by atoms with E-state index >= 15 is 0 Å². The van der Waals surface area contributed by atoms with E-state index < -0.39 is 12.1 Å². The fourth-order valence-corrected chi connectivity index (χ4v) is 15.0. The molecule has 622 valence electrons. The number of Topliss-reactive ketones (excluding diaryl/α,β-unsaturated/α-hetero) is 1. The zero-order valence-corrected chi connectivity index (χ0v) is 69.1. The van der Waals surface area contributed by atoms with Gasteiger partial charge in [-0.2, -0.15) is 0 Å². The lowest BCUT2D eigenvalue weighted by atomic mass is 9.86. The number of ether oxygens (including phenoxy) is 3. The molecule has 13 rings (SSSR count). The summed E-state index contributed by atoms with van der Waals surface area (Å²) in [4.78, 5) is 39.5. The minimum atomic E-state index is -0.795. The molecule has 20 heteroatoms. The van der Waals surface area contributed by atoms with Crippen LogP contribution in [0.2, 0.25) is 5.02 Å². The maximum atomic E-state index is 13.4. The van der Waals surface area contributed by atoms with Crippen LogP contribution in [0.1, 0.15) is 189 Å². The number of fused-ring (bicyclic) bond motifs is 2. The second-order valence-corrected chi connectivity index (χ2v) is 31.3. The number of aliphatic carboxylic acids is 1. The van der Waals surface area contributed by atoms with Gasteiger partial charge in [0.25, 0.3) is 0 Å². The third-order valence-corrected chi connectivity index (χ3v) is 21.2. The first-order valence-electron chi connectivity index (χ1n) is 41.0. The molecule has 6 atom stereocenters. The standard InChI is InChI=1S/C28H32F2N2O.C22H27NO2.C14H19NO2.C13H18ClNO.C11H15NO.C8H11NO3/c29-26-12-8-24(9-13-26)28(25-10-14-27(30)15-11-25)33-22-21-32-19-17-31(18-20-32)16-4-7-23-5-2-1-3-6-23;24-21(25)13-3-1-2-8-16-23-22-19-11-6-4-9-17(19)14-15-18-10-5-7-12-20(18)22;1-17-14(16)13(11-7-3-2-4-8-11)12-9-5-6-10-15-12;1-9(15-13(2,3)4)12(16)10-6-5-7-11(14)8-10;1-9-11(13-8-7-12-9)10-5-3-2-4-6-10;9-4-8(12)5-1-2-6(10)7(11)3-5/h1-3,5-6,8-15,28H,4,7,16-22H2;4-7,9-12,22-23H,1-3,8,13-16H2,(H,24,25);2-4,7-8,12-13,15H,5-6,9-10H2,1H3;5-9,15H,1-4H3;2-6,9,11-12H,7-8H2,1H3;1-3,8,10-12H,4,9H2/t;;;;;8-/m.....0/s1. The molecule has 4 aliphatic rings. The fourth-order valence-electron chi connectivity index (χ4n) is 14.8. The van der Waals surface area contributed by atoms with Gasteiger partial charge in [-0.3, -0.25) is 19.3 Å². The maximum absolute atomic E-state index is 13.4. The van der Waals surface area contributed by atoms with E-state index in [4.69, 9.17) is 46.9 Å². The van der Waals surface area contributed by atoms with E-state index in [1.807, 2.05) is 64.1 Å². The highest BCUT2D eigenvalue weighted by atomic mass is 35.5. The highest BCUT2D eigenvalue weighted by Crippen LogP contribution is 2.34. The largest absolute Gasteiger partial charge is 0.504 e. The van der Waals surface area contributed by atoms with Crippen molar-refractivity contribution in [1.82, 2.24) is 31.1 Å². The Labute approximate surface area is 691 Å². The Hall–Kier alpha value is -9.06. The minimum Gasteiger partial charge on any atom is -0.504 e. The maximum Gasteiger partial charge on any atom is 0.314 e. The Morgan fingerprint density at radius 2 is 1.21 bits per heavy atom. The lowest BCUT2D eigenvalue weighted by Gasteiger charge is -2.35. The normalized spacial score (nSPS) is 16.9. The lowest BCUT2D eigenvalue weighted by molar-refractivity contribution is -0.143. The molecule has 17 nitrogen and oxygen atoms in total. The number of halogens is 3. The van der Waals surface area contributed by atoms with Gasteiger partial charge in [0.05, 0.1) is 50.5 Å². The number of nitrogens with one attached hydrogen (secondary N) is 4. The molecule has 3 heterocycles. The predicted octanol–water partition coefficient (Wildman–Crippen LogP) is 17.0. The van der Waals surface area contributed by atoms with E-state index in [2.05, 4.69) is 141 Å². The van der Waals surface area contributed by atoms with Crippen LogP contribution in [-0.4, -0.2) is 157 Å². The van der Waals surface area contributed by atoms with Gasteiger partial charge in [-0.05, 0) is 210 Å². The molecule has 3 aliphatic heterocycles. The van der Waals surface area contributed by atoms with E-state index in [0.29, 0.717) is 28.8 Å². The van der Waals surface area contributed by atoms with E-state index in [0.717, 1.165) is 134 Å². The van der Waals surface area contributed by atoms with Gasteiger partial charge in [0, 0.05) is 80.4 Å². The van der Waals surface area contributed by atoms with Crippen molar-refractivity contribution >= 4 is 29.3 Å². The highest BCUT2D eigenvalue weighted by Gasteiger charge is 2.32. The number of unbranched alkanes of at least 4 members (excludes halogenated alkanes) is 3. The van der Waals surface area contributed by atoms with Crippen LogP contribution >= 0.6 is 11.6 Å². The highest BCUT2D eigenvalue weighted by molar-refractivity contribution is 6.31. The van der Waals surface area contributed by atoms with E-state index in [-0.39, 0.29) is 89.6 Å². The van der Waals surface area contributed by atoms with Crippen LogP contribution in [0.4, 0.5) is 8.78 Å². The number of piperidine rings is 1. The lowest BCUT2D eigenvalue weighted by Crippen LogP contribution is -2.47. The summed E-state index contributed by atoms with van der Waals surface area (Å²) >= 11 is 5.85. The molecule has 9 aromatic carbocycles. The SMILES string of the molecule is CC(NC(C)(C)C)C(=O)c1cccc(Cl)c1.CC1NCCOC1c1ccccc1.COC(=O)C(c1ccccc1)C1CCCCN1.Fc1ccc(C(OCCN2CCN(CCCc3ccccc3)CC2)c2ccc(F)cc2)cc1.NC[C@H](O)c1ccc(O)c(O)c1.O=C(O)CCCCCCNC1c2ccccc2CCc2ccccc21. The number of carboxylic acid groups (broad SMARTS) is 1. The first-order chi connectivity index (χ1) is 56.1. The number of aliphatic hydroxyl groups is 1. The Morgan fingerprint density at radius 3 is 1.76 bits per heavy atom. The summed E-state index contributed by atoms with van der Waals surface area (Å²) < 4.78 is 43.7. The number of aromatic hydroxyl groups is 2. The van der Waals surface area contributed by atoms with Crippen molar-refractivity contribution in [1.29, 1.82) is 0 Å². The average molecular weight is 1610 g/mol. The molecule has 0 amide bonds. The molecule has 5 unspecified atom stereocenters. The summed E-state index contributed by atoms with van der Waals surface area (Å²) in [5.74, 6) is -1.96. The topological polar surface area (TPSA) is 240 Å². The van der Waals surface area contributed by atoms with Gasteiger partial charge < -0.3 is 66.5 Å². The number of ketones is 1. The third kappa shape index (κ3) is 31.8. The fraction of sp³-hybridized carbons (Fsp3) is 0.406. The zero-order chi connectivity index (χ0) is 83.0. The summed E-state index contributed by atoms with van der Waals surface area (Å²) in [7, 11) is 1.46. The third-order valence-electron chi connectivity index (χ3n) is 20.9. The van der Waals surface area contributed by atoms with Crippen molar-refractivity contribution in [3.63, 3.8) is 0 Å². The second kappa shape index (κ2) is 49.9. The number of carboxylic acids is 1. The molecule has 0 bridgehead atoms. The van der Waals surface area contributed by atoms with Crippen molar-refractivity contribution in [3.05, 3.63) is 308 Å². The molecule has 3 saturated heterocycles. The van der Waals surface area contributed by atoms with Crippen molar-refractivity contribution < 1.29 is 57.8 Å². The van der Waals surface area contributed by atoms with Gasteiger partial charge in [0.15, 0.2) is 17.3 Å². The Morgan fingerprint density at radius 1 is 0.638 bits per heavy atom. The van der Waals surface area contributed by atoms with Gasteiger partial charge in [-0.25, -0.2) is 8.78 Å². The minimum absolute atomic E-state index is 0.0671. The first kappa shape index (κ1) is 92.5.